The van der Waals surface area contributed by atoms with Gasteiger partial charge in [-0.3, -0.25) is 4.79 Å². The Balaban J connectivity index is 2.50. The Hall–Kier alpha value is -1.47. The second-order valence-corrected chi connectivity index (χ2v) is 4.48. The summed E-state index contributed by atoms with van der Waals surface area (Å²) >= 11 is 1.51. The largest absolute Gasteiger partial charge is 0.332 e. The van der Waals surface area contributed by atoms with Gasteiger partial charge in [-0.25, -0.2) is 0 Å². The van der Waals surface area contributed by atoms with Crippen LogP contribution in [0.4, 0.5) is 0 Å². The predicted octanol–water partition coefficient (Wildman–Crippen LogP) is 2.07. The molecule has 1 aromatic carbocycles. The molecule has 0 saturated heterocycles. The molecule has 4 heteroatoms. The molecule has 0 heterocycles. The van der Waals surface area contributed by atoms with Crippen molar-refractivity contribution in [1.29, 1.82) is 5.26 Å². The number of hydrogen-bond acceptors (Lipinski definition) is 3. The number of hydrogen-bond donors (Lipinski definition) is 0. The van der Waals surface area contributed by atoms with Gasteiger partial charge in [-0.15, -0.1) is 11.8 Å². The Labute approximate surface area is 100 Å². The van der Waals surface area contributed by atoms with Gasteiger partial charge in [0.1, 0.15) is 6.54 Å². The zero-order valence-corrected chi connectivity index (χ0v) is 10.3. The molecule has 16 heavy (non-hydrogen) atoms. The Morgan fingerprint density at radius 3 is 2.81 bits per heavy atom. The van der Waals surface area contributed by atoms with E-state index in [2.05, 4.69) is 0 Å². The lowest BCUT2D eigenvalue weighted by Crippen LogP contribution is -2.28. The molecule has 0 aliphatic heterocycles. The van der Waals surface area contributed by atoms with Crippen molar-refractivity contribution in [2.24, 2.45) is 0 Å². The van der Waals surface area contributed by atoms with E-state index in [0.717, 1.165) is 4.90 Å². The van der Waals surface area contributed by atoms with E-state index in [1.807, 2.05) is 37.3 Å². The highest BCUT2D eigenvalue weighted by Gasteiger charge is 2.09. The van der Waals surface area contributed by atoms with Crippen molar-refractivity contribution in [3.05, 3.63) is 29.8 Å². The molecular weight excluding hydrogens is 220 g/mol. The van der Waals surface area contributed by atoms with Crippen LogP contribution >= 0.6 is 11.8 Å². The number of thioether (sulfide) groups is 1. The van der Waals surface area contributed by atoms with E-state index in [1.54, 1.807) is 7.05 Å². The van der Waals surface area contributed by atoms with Crippen molar-refractivity contribution in [1.82, 2.24) is 4.90 Å². The Bertz CT molecular complexity index is 412. The molecule has 84 valence electrons. The van der Waals surface area contributed by atoms with Crippen LogP contribution in [-0.4, -0.2) is 30.2 Å². The third kappa shape index (κ3) is 3.59. The molecule has 1 amide bonds. The number of nitriles is 1. The second-order valence-electron chi connectivity index (χ2n) is 3.46. The fraction of sp³-hybridized carbons (Fsp3) is 0.333. The van der Waals surface area contributed by atoms with Gasteiger partial charge in [-0.2, -0.15) is 5.26 Å². The van der Waals surface area contributed by atoms with Crippen LogP contribution in [0.2, 0.25) is 0 Å². The summed E-state index contributed by atoms with van der Waals surface area (Å²) in [7, 11) is 1.64. The summed E-state index contributed by atoms with van der Waals surface area (Å²) in [5, 5.41) is 8.46. The fourth-order valence-corrected chi connectivity index (χ4v) is 2.13. The monoisotopic (exact) mass is 234 g/mol. The molecule has 0 radical (unpaired) electrons. The van der Waals surface area contributed by atoms with Gasteiger partial charge in [0.2, 0.25) is 5.91 Å². The van der Waals surface area contributed by atoms with E-state index in [1.165, 1.54) is 22.2 Å². The summed E-state index contributed by atoms with van der Waals surface area (Å²) in [5.74, 6) is 0.359. The quantitative estimate of drug-likeness (QED) is 0.591. The van der Waals surface area contributed by atoms with Crippen molar-refractivity contribution in [2.45, 2.75) is 11.8 Å². The summed E-state index contributed by atoms with van der Waals surface area (Å²) in [4.78, 5) is 14.1. The van der Waals surface area contributed by atoms with Crippen molar-refractivity contribution in [3.63, 3.8) is 0 Å². The first-order valence-corrected chi connectivity index (χ1v) is 5.93. The molecule has 0 aromatic heterocycles. The minimum atomic E-state index is -0.0187. The topological polar surface area (TPSA) is 44.1 Å². The van der Waals surface area contributed by atoms with Crippen LogP contribution in [0.5, 0.6) is 0 Å². The van der Waals surface area contributed by atoms with Crippen LogP contribution in [0.25, 0.3) is 0 Å². The second kappa shape index (κ2) is 6.19. The molecular formula is C12H14N2OS. The van der Waals surface area contributed by atoms with E-state index < -0.39 is 0 Å². The molecule has 1 aromatic rings. The smallest absolute Gasteiger partial charge is 0.233 e. The first kappa shape index (κ1) is 12.6. The van der Waals surface area contributed by atoms with E-state index in [9.17, 15) is 4.79 Å². The maximum atomic E-state index is 11.6. The number of aryl methyl sites for hydroxylation is 1. The summed E-state index contributed by atoms with van der Waals surface area (Å²) in [5.41, 5.74) is 1.17. The molecule has 0 N–H and O–H groups in total. The van der Waals surface area contributed by atoms with Gasteiger partial charge < -0.3 is 4.90 Å². The molecule has 3 nitrogen and oxygen atoms in total. The van der Waals surface area contributed by atoms with Gasteiger partial charge in [0.15, 0.2) is 0 Å². The first-order chi connectivity index (χ1) is 7.65. The lowest BCUT2D eigenvalue weighted by molar-refractivity contribution is -0.126. The van der Waals surface area contributed by atoms with Gasteiger partial charge in [-0.1, -0.05) is 18.2 Å². The van der Waals surface area contributed by atoms with Crippen LogP contribution in [0.1, 0.15) is 5.56 Å². The third-order valence-corrected chi connectivity index (χ3v) is 3.34. The van der Waals surface area contributed by atoms with Gasteiger partial charge >= 0.3 is 0 Å². The van der Waals surface area contributed by atoms with Crippen LogP contribution in [0, 0.1) is 18.3 Å². The highest BCUT2D eigenvalue weighted by atomic mass is 32.2. The van der Waals surface area contributed by atoms with Crippen LogP contribution in [0.15, 0.2) is 29.2 Å². The first-order valence-electron chi connectivity index (χ1n) is 4.94. The average Bonchev–Trinajstić information content (AvgIpc) is 2.28. The summed E-state index contributed by atoms with van der Waals surface area (Å²) in [6, 6.07) is 9.90. The summed E-state index contributed by atoms with van der Waals surface area (Å²) in [6.45, 7) is 2.17. The normalized spacial score (nSPS) is 9.56. The van der Waals surface area contributed by atoms with E-state index in [4.69, 9.17) is 5.26 Å². The number of carbonyl (C=O) groups excluding carboxylic acids is 1. The van der Waals surface area contributed by atoms with Gasteiger partial charge in [0.25, 0.3) is 0 Å². The van der Waals surface area contributed by atoms with Crippen molar-refractivity contribution in [3.8, 4) is 6.07 Å². The Morgan fingerprint density at radius 1 is 1.50 bits per heavy atom. The highest BCUT2D eigenvalue weighted by Crippen LogP contribution is 2.21. The van der Waals surface area contributed by atoms with Crippen molar-refractivity contribution >= 4 is 17.7 Å². The zero-order chi connectivity index (χ0) is 12.0. The molecule has 0 saturated carbocycles. The van der Waals surface area contributed by atoms with Gasteiger partial charge in [-0.05, 0) is 18.6 Å². The lowest BCUT2D eigenvalue weighted by Gasteiger charge is -2.12. The predicted molar refractivity (Wildman–Crippen MR) is 65.2 cm³/mol. The Kier molecular flexibility index (Phi) is 4.87. The van der Waals surface area contributed by atoms with E-state index in [0.29, 0.717) is 5.75 Å². The molecule has 0 unspecified atom stereocenters. The highest BCUT2D eigenvalue weighted by molar-refractivity contribution is 8.00. The maximum absolute atomic E-state index is 11.6. The summed E-state index contributed by atoms with van der Waals surface area (Å²) < 4.78 is 0. The number of rotatable bonds is 4. The van der Waals surface area contributed by atoms with E-state index in [-0.39, 0.29) is 12.5 Å². The molecule has 0 spiro atoms. The minimum absolute atomic E-state index is 0.0187. The van der Waals surface area contributed by atoms with Gasteiger partial charge in [0.05, 0.1) is 11.8 Å². The maximum Gasteiger partial charge on any atom is 0.233 e. The Morgan fingerprint density at radius 2 is 2.19 bits per heavy atom. The number of amides is 1. The van der Waals surface area contributed by atoms with Crippen LogP contribution < -0.4 is 0 Å². The third-order valence-electron chi connectivity index (χ3n) is 2.18. The molecule has 0 aliphatic carbocycles. The minimum Gasteiger partial charge on any atom is -0.332 e. The van der Waals surface area contributed by atoms with Crippen molar-refractivity contribution < 1.29 is 4.79 Å². The summed E-state index contributed by atoms with van der Waals surface area (Å²) in [6.07, 6.45) is 0. The van der Waals surface area contributed by atoms with Crippen LogP contribution in [0.3, 0.4) is 0 Å². The number of carbonyl (C=O) groups is 1. The zero-order valence-electron chi connectivity index (χ0n) is 9.43. The van der Waals surface area contributed by atoms with Crippen LogP contribution in [-0.2, 0) is 4.79 Å². The van der Waals surface area contributed by atoms with Gasteiger partial charge in [0, 0.05) is 11.9 Å². The average molecular weight is 234 g/mol. The molecule has 0 atom stereocenters. The number of nitrogens with zero attached hydrogens (tertiary/aromatic N) is 2. The van der Waals surface area contributed by atoms with E-state index >= 15 is 0 Å². The standard InChI is InChI=1S/C12H14N2OS/c1-10-5-3-4-6-11(10)16-9-12(15)14(2)8-7-13/h3-6H,8-9H2,1-2H3. The molecule has 0 bridgehead atoms. The molecule has 0 fully saturated rings. The van der Waals surface area contributed by atoms with Crippen molar-refractivity contribution in [2.75, 3.05) is 19.3 Å². The fourth-order valence-electron chi connectivity index (χ4n) is 1.16. The SMILES string of the molecule is Cc1ccccc1SCC(=O)N(C)CC#N. The number of benzene rings is 1. The molecule has 0 aliphatic rings. The molecule has 1 rings (SSSR count). The lowest BCUT2D eigenvalue weighted by atomic mass is 10.2.